The average molecular weight is 325 g/mol. The van der Waals surface area contributed by atoms with E-state index in [4.69, 9.17) is 4.52 Å². The van der Waals surface area contributed by atoms with Crippen LogP contribution in [0.15, 0.2) is 34.9 Å². The second-order valence-corrected chi connectivity index (χ2v) is 5.68. The molecule has 0 saturated carbocycles. The highest BCUT2D eigenvalue weighted by molar-refractivity contribution is 5.99. The molecule has 3 rings (SSSR count). The molecular formula is C17H19N5O2. The number of amides is 1. The fourth-order valence-electron chi connectivity index (χ4n) is 2.46. The van der Waals surface area contributed by atoms with E-state index in [0.717, 1.165) is 16.6 Å². The second kappa shape index (κ2) is 6.66. The first-order valence-electron chi connectivity index (χ1n) is 7.69. The van der Waals surface area contributed by atoms with Crippen LogP contribution in [0, 0.1) is 6.92 Å². The van der Waals surface area contributed by atoms with Gasteiger partial charge < -0.3 is 14.7 Å². The molecule has 1 N–H and O–H groups in total. The van der Waals surface area contributed by atoms with Crippen molar-refractivity contribution in [2.45, 2.75) is 13.3 Å². The number of anilines is 1. The summed E-state index contributed by atoms with van der Waals surface area (Å²) in [6, 6.07) is 9.57. The Balaban J connectivity index is 1.76. The van der Waals surface area contributed by atoms with Gasteiger partial charge in [-0.25, -0.2) is 4.98 Å². The van der Waals surface area contributed by atoms with Gasteiger partial charge in [-0.1, -0.05) is 23.4 Å². The van der Waals surface area contributed by atoms with Crippen molar-refractivity contribution in [2.24, 2.45) is 0 Å². The van der Waals surface area contributed by atoms with Gasteiger partial charge in [0, 0.05) is 38.1 Å². The lowest BCUT2D eigenvalue weighted by molar-refractivity contribution is 0.0949. The fourth-order valence-corrected chi connectivity index (χ4v) is 2.46. The Bertz CT molecular complexity index is 872. The van der Waals surface area contributed by atoms with Crippen molar-refractivity contribution in [2.75, 3.05) is 25.5 Å². The van der Waals surface area contributed by atoms with Gasteiger partial charge in [0.1, 0.15) is 5.69 Å². The zero-order valence-electron chi connectivity index (χ0n) is 13.9. The van der Waals surface area contributed by atoms with Crippen molar-refractivity contribution in [1.29, 1.82) is 0 Å². The van der Waals surface area contributed by atoms with Gasteiger partial charge in [0.05, 0.1) is 5.52 Å². The van der Waals surface area contributed by atoms with Gasteiger partial charge in [0.15, 0.2) is 5.82 Å². The Morgan fingerprint density at radius 3 is 2.75 bits per heavy atom. The molecular weight excluding hydrogens is 306 g/mol. The van der Waals surface area contributed by atoms with Crippen LogP contribution >= 0.6 is 0 Å². The molecule has 0 atom stereocenters. The highest BCUT2D eigenvalue weighted by atomic mass is 16.5. The monoisotopic (exact) mass is 325 g/mol. The molecule has 7 nitrogen and oxygen atoms in total. The highest BCUT2D eigenvalue weighted by Gasteiger charge is 2.13. The number of carbonyl (C=O) groups is 1. The summed E-state index contributed by atoms with van der Waals surface area (Å²) in [4.78, 5) is 22.9. The van der Waals surface area contributed by atoms with Crippen LogP contribution in [0.4, 0.5) is 5.69 Å². The van der Waals surface area contributed by atoms with Gasteiger partial charge in [0.25, 0.3) is 5.91 Å². The number of rotatable bonds is 5. The van der Waals surface area contributed by atoms with Gasteiger partial charge in [-0.2, -0.15) is 4.98 Å². The fraction of sp³-hybridized carbons (Fsp3) is 0.294. The Kier molecular flexibility index (Phi) is 4.41. The normalized spacial score (nSPS) is 10.8. The minimum absolute atomic E-state index is 0.222. The second-order valence-electron chi connectivity index (χ2n) is 5.68. The lowest BCUT2D eigenvalue weighted by atomic mass is 10.1. The third-order valence-corrected chi connectivity index (χ3v) is 3.60. The van der Waals surface area contributed by atoms with Crippen LogP contribution < -0.4 is 10.2 Å². The lowest BCUT2D eigenvalue weighted by Crippen LogP contribution is -2.27. The third-order valence-electron chi connectivity index (χ3n) is 3.60. The van der Waals surface area contributed by atoms with Gasteiger partial charge in [0.2, 0.25) is 5.89 Å². The van der Waals surface area contributed by atoms with E-state index in [1.165, 1.54) is 0 Å². The number of para-hydroxylation sites is 1. The van der Waals surface area contributed by atoms with Crippen LogP contribution in [0.3, 0.4) is 0 Å². The molecule has 0 aliphatic rings. The number of fused-ring (bicyclic) bond motifs is 1. The van der Waals surface area contributed by atoms with E-state index >= 15 is 0 Å². The maximum atomic E-state index is 12.4. The van der Waals surface area contributed by atoms with Gasteiger partial charge in [-0.05, 0) is 19.1 Å². The van der Waals surface area contributed by atoms with Crippen molar-refractivity contribution in [1.82, 2.24) is 20.4 Å². The molecule has 7 heteroatoms. The number of pyridine rings is 1. The maximum absolute atomic E-state index is 12.4. The Morgan fingerprint density at radius 1 is 1.25 bits per heavy atom. The minimum Gasteiger partial charge on any atom is -0.377 e. The standard InChI is InChI=1S/C17H19N5O2/c1-11-19-16(24-21-11)8-9-18-17(23)14-10-15(22(2)3)12-6-4-5-7-13(12)20-14/h4-7,10H,8-9H2,1-3H3,(H,18,23). The number of benzene rings is 1. The van der Waals surface area contributed by atoms with E-state index in [1.807, 2.05) is 43.3 Å². The van der Waals surface area contributed by atoms with E-state index in [0.29, 0.717) is 30.4 Å². The minimum atomic E-state index is -0.222. The van der Waals surface area contributed by atoms with Crippen LogP contribution in [-0.2, 0) is 6.42 Å². The first-order chi connectivity index (χ1) is 11.5. The first kappa shape index (κ1) is 15.9. The summed E-state index contributed by atoms with van der Waals surface area (Å²) in [6.45, 7) is 2.17. The number of hydrogen-bond acceptors (Lipinski definition) is 6. The summed E-state index contributed by atoms with van der Waals surface area (Å²) in [7, 11) is 3.89. The summed E-state index contributed by atoms with van der Waals surface area (Å²) >= 11 is 0. The molecule has 0 spiro atoms. The average Bonchev–Trinajstić information content (AvgIpc) is 2.98. The number of aryl methyl sites for hydroxylation is 1. The Labute approximate surface area is 139 Å². The van der Waals surface area contributed by atoms with Crippen molar-refractivity contribution in [3.05, 3.63) is 47.7 Å². The maximum Gasteiger partial charge on any atom is 0.269 e. The molecule has 2 aromatic heterocycles. The summed E-state index contributed by atoms with van der Waals surface area (Å²) in [5.41, 5.74) is 2.14. The van der Waals surface area contributed by atoms with Crippen molar-refractivity contribution >= 4 is 22.5 Å². The first-order valence-corrected chi connectivity index (χ1v) is 7.69. The summed E-state index contributed by atoms with van der Waals surface area (Å²) in [6.07, 6.45) is 0.487. The molecule has 0 unspecified atom stereocenters. The lowest BCUT2D eigenvalue weighted by Gasteiger charge is -2.16. The Hall–Kier alpha value is -2.96. The molecule has 1 aromatic carbocycles. The highest BCUT2D eigenvalue weighted by Crippen LogP contribution is 2.25. The molecule has 1 amide bonds. The van der Waals surface area contributed by atoms with Crippen LogP contribution in [0.5, 0.6) is 0 Å². The number of nitrogens with zero attached hydrogens (tertiary/aromatic N) is 4. The molecule has 0 bridgehead atoms. The zero-order chi connectivity index (χ0) is 17.1. The topological polar surface area (TPSA) is 84.2 Å². The van der Waals surface area contributed by atoms with E-state index in [1.54, 1.807) is 13.0 Å². The van der Waals surface area contributed by atoms with Gasteiger partial charge >= 0.3 is 0 Å². The summed E-state index contributed by atoms with van der Waals surface area (Å²) < 4.78 is 5.03. The number of nitrogens with one attached hydrogen (secondary N) is 1. The largest absolute Gasteiger partial charge is 0.377 e. The van der Waals surface area contributed by atoms with Crippen molar-refractivity contribution < 1.29 is 9.32 Å². The van der Waals surface area contributed by atoms with Crippen LogP contribution in [0.2, 0.25) is 0 Å². The Morgan fingerprint density at radius 2 is 2.04 bits per heavy atom. The van der Waals surface area contributed by atoms with Gasteiger partial charge in [-0.3, -0.25) is 4.79 Å². The molecule has 24 heavy (non-hydrogen) atoms. The molecule has 3 aromatic rings. The number of hydrogen-bond donors (Lipinski definition) is 1. The predicted molar refractivity (Wildman–Crippen MR) is 91.1 cm³/mol. The summed E-state index contributed by atoms with van der Waals surface area (Å²) in [5.74, 6) is 0.872. The van der Waals surface area contributed by atoms with Crippen molar-refractivity contribution in [3.8, 4) is 0 Å². The van der Waals surface area contributed by atoms with E-state index < -0.39 is 0 Å². The zero-order valence-corrected chi connectivity index (χ0v) is 13.9. The van der Waals surface area contributed by atoms with E-state index in [9.17, 15) is 4.79 Å². The van der Waals surface area contributed by atoms with Crippen LogP contribution in [0.1, 0.15) is 22.2 Å². The van der Waals surface area contributed by atoms with Crippen LogP contribution in [0.25, 0.3) is 10.9 Å². The molecule has 124 valence electrons. The van der Waals surface area contributed by atoms with Gasteiger partial charge in [-0.15, -0.1) is 0 Å². The van der Waals surface area contributed by atoms with E-state index in [-0.39, 0.29) is 5.91 Å². The summed E-state index contributed by atoms with van der Waals surface area (Å²) in [5, 5.41) is 7.58. The molecule has 0 aliphatic heterocycles. The number of carbonyl (C=O) groups excluding carboxylic acids is 1. The van der Waals surface area contributed by atoms with E-state index in [2.05, 4.69) is 20.4 Å². The smallest absolute Gasteiger partial charge is 0.269 e. The SMILES string of the molecule is Cc1noc(CCNC(=O)c2cc(N(C)C)c3ccccc3n2)n1. The third kappa shape index (κ3) is 3.34. The van der Waals surface area contributed by atoms with Crippen LogP contribution in [-0.4, -0.2) is 41.7 Å². The van der Waals surface area contributed by atoms with Crippen molar-refractivity contribution in [3.63, 3.8) is 0 Å². The molecule has 0 aliphatic carbocycles. The molecule has 0 saturated heterocycles. The quantitative estimate of drug-likeness (QED) is 0.772. The molecule has 0 fully saturated rings. The number of aromatic nitrogens is 3. The molecule has 0 radical (unpaired) electrons. The molecule has 2 heterocycles. The predicted octanol–water partition coefficient (Wildman–Crippen LogP) is 1.96.